The van der Waals surface area contributed by atoms with Crippen molar-refractivity contribution in [2.45, 2.75) is 26.4 Å². The van der Waals surface area contributed by atoms with E-state index < -0.39 is 16.1 Å². The molecule has 222 valence electrons. The zero-order valence-corrected chi connectivity index (χ0v) is 26.2. The van der Waals surface area contributed by atoms with Crippen molar-refractivity contribution in [1.82, 2.24) is 14.2 Å². The molecule has 0 atom stereocenters. The van der Waals surface area contributed by atoms with E-state index in [4.69, 9.17) is 32.5 Å². The molecule has 0 unspecified atom stereocenters. The Balaban J connectivity index is 1.37. The Bertz CT molecular complexity index is 1900. The number of rotatable bonds is 9. The van der Waals surface area contributed by atoms with Gasteiger partial charge in [-0.3, -0.25) is 4.79 Å². The Hall–Kier alpha value is -3.89. The van der Waals surface area contributed by atoms with Gasteiger partial charge in [-0.25, -0.2) is 4.72 Å². The molecule has 8 nitrogen and oxygen atoms in total. The Labute approximate surface area is 260 Å². The van der Waals surface area contributed by atoms with Gasteiger partial charge in [0.1, 0.15) is 23.8 Å². The van der Waals surface area contributed by atoms with Gasteiger partial charge in [-0.2, -0.15) is 12.7 Å². The van der Waals surface area contributed by atoms with Gasteiger partial charge in [0, 0.05) is 31.1 Å². The highest BCUT2D eigenvalue weighted by Crippen LogP contribution is 2.39. The van der Waals surface area contributed by atoms with E-state index in [-0.39, 0.29) is 18.1 Å². The first-order valence-corrected chi connectivity index (χ1v) is 15.6. The molecule has 0 spiro atoms. The highest BCUT2D eigenvalue weighted by Gasteiger charge is 2.24. The molecule has 1 aromatic heterocycles. The van der Waals surface area contributed by atoms with Gasteiger partial charge in [-0.1, -0.05) is 84.7 Å². The zero-order valence-electron chi connectivity index (χ0n) is 23.9. The molecule has 1 heterocycles. The van der Waals surface area contributed by atoms with Crippen LogP contribution >= 0.6 is 23.2 Å². The molecule has 0 aliphatic rings. The number of halogens is 2. The lowest BCUT2D eigenvalue weighted by molar-refractivity contribution is 0.0981. The first kappa shape index (κ1) is 30.6. The average Bonchev–Trinajstić information content (AvgIpc) is 3.39. The van der Waals surface area contributed by atoms with Crippen molar-refractivity contribution in [3.8, 4) is 28.1 Å². The number of benzene rings is 4. The molecule has 0 saturated carbocycles. The van der Waals surface area contributed by atoms with Crippen LogP contribution in [0.25, 0.3) is 33.2 Å². The number of fused-ring (bicyclic) bond motifs is 1. The second-order valence-corrected chi connectivity index (χ2v) is 13.1. The van der Waals surface area contributed by atoms with E-state index in [1.54, 1.807) is 30.3 Å². The minimum absolute atomic E-state index is 0.0698. The van der Waals surface area contributed by atoms with Crippen molar-refractivity contribution in [3.05, 3.63) is 106 Å². The van der Waals surface area contributed by atoms with Crippen molar-refractivity contribution in [3.63, 3.8) is 0 Å². The first-order chi connectivity index (χ1) is 20.5. The van der Waals surface area contributed by atoms with Crippen molar-refractivity contribution in [1.29, 1.82) is 0 Å². The smallest absolute Gasteiger partial charge is 0.303 e. The van der Waals surface area contributed by atoms with Crippen LogP contribution in [-0.2, 0) is 16.8 Å². The summed E-state index contributed by atoms with van der Waals surface area (Å²) in [5, 5.41) is 6.67. The second-order valence-electron chi connectivity index (χ2n) is 10.4. The molecular formula is C32H29Cl2N3O5S. The van der Waals surface area contributed by atoms with Crippen LogP contribution in [0.3, 0.4) is 0 Å². The number of ether oxygens (including phenoxy) is 1. The summed E-state index contributed by atoms with van der Waals surface area (Å²) in [5.74, 6) is 0.728. The van der Waals surface area contributed by atoms with Gasteiger partial charge in [0.25, 0.3) is 5.91 Å². The first-order valence-electron chi connectivity index (χ1n) is 13.4. The van der Waals surface area contributed by atoms with Crippen LogP contribution in [0.5, 0.6) is 5.75 Å². The number of nitrogens with one attached hydrogen (secondary N) is 1. The largest absolute Gasteiger partial charge is 0.489 e. The average molecular weight is 639 g/mol. The third-order valence-corrected chi connectivity index (χ3v) is 8.98. The maximum absolute atomic E-state index is 12.8. The summed E-state index contributed by atoms with van der Waals surface area (Å²) < 4.78 is 39.2. The predicted octanol–water partition coefficient (Wildman–Crippen LogP) is 7.71. The lowest BCUT2D eigenvalue weighted by Crippen LogP contribution is -2.39. The summed E-state index contributed by atoms with van der Waals surface area (Å²) in [6.45, 7) is 4.24. The Morgan fingerprint density at radius 2 is 1.60 bits per heavy atom. The summed E-state index contributed by atoms with van der Waals surface area (Å²) in [6.07, 6.45) is 0. The van der Waals surface area contributed by atoms with Gasteiger partial charge in [0.2, 0.25) is 0 Å². The highest BCUT2D eigenvalue weighted by molar-refractivity contribution is 7.87. The SMILES string of the molecule is CC(C)c1onc(-c2c(Cl)cccc2Cl)c1COc1ccc(-c2ccc3c(C(=O)NS(=O)(=O)N(C)C)cccc3c2)cc1. The van der Waals surface area contributed by atoms with Gasteiger partial charge in [0.15, 0.2) is 0 Å². The maximum atomic E-state index is 12.8. The minimum atomic E-state index is -3.91. The van der Waals surface area contributed by atoms with Crippen LogP contribution in [0.4, 0.5) is 0 Å². The molecule has 0 saturated heterocycles. The highest BCUT2D eigenvalue weighted by atomic mass is 35.5. The van der Waals surface area contributed by atoms with Crippen LogP contribution in [0.1, 0.15) is 41.4 Å². The number of aromatic nitrogens is 1. The van der Waals surface area contributed by atoms with Crippen LogP contribution in [0.15, 0.2) is 83.4 Å². The van der Waals surface area contributed by atoms with Crippen LogP contribution in [0, 0.1) is 0 Å². The van der Waals surface area contributed by atoms with Gasteiger partial charge >= 0.3 is 10.2 Å². The summed E-state index contributed by atoms with van der Waals surface area (Å²) in [5.41, 5.74) is 4.07. The van der Waals surface area contributed by atoms with Crippen molar-refractivity contribution < 1.29 is 22.5 Å². The van der Waals surface area contributed by atoms with E-state index >= 15 is 0 Å². The molecule has 0 aliphatic heterocycles. The molecule has 1 N–H and O–H groups in total. The summed E-state index contributed by atoms with van der Waals surface area (Å²) in [4.78, 5) is 12.8. The molecule has 11 heteroatoms. The standard InChI is InChI=1S/C32H29Cl2N3O5S/c1-19(2)31-26(30(35-42-31)29-27(33)9-6-10-28(29)34)18-41-23-14-11-20(12-15-23)21-13-16-24-22(17-21)7-5-8-25(24)32(38)36-43(39,40)37(3)4/h5-17,19H,18H2,1-4H3,(H,36,38). The summed E-state index contributed by atoms with van der Waals surface area (Å²) >= 11 is 12.9. The summed E-state index contributed by atoms with van der Waals surface area (Å²) in [7, 11) is -1.21. The Morgan fingerprint density at radius 3 is 2.26 bits per heavy atom. The minimum Gasteiger partial charge on any atom is -0.489 e. The quantitative estimate of drug-likeness (QED) is 0.178. The predicted molar refractivity (Wildman–Crippen MR) is 170 cm³/mol. The fraction of sp³-hybridized carbons (Fsp3) is 0.188. The number of carbonyl (C=O) groups excluding carboxylic acids is 1. The topological polar surface area (TPSA) is 102 Å². The molecule has 5 aromatic rings. The summed E-state index contributed by atoms with van der Waals surface area (Å²) in [6, 6.07) is 23.8. The molecule has 0 aliphatic carbocycles. The normalized spacial score (nSPS) is 11.8. The van der Waals surface area contributed by atoms with E-state index in [1.807, 2.05) is 62.4 Å². The number of hydrogen-bond donors (Lipinski definition) is 1. The third-order valence-electron chi connectivity index (χ3n) is 6.94. The van der Waals surface area contributed by atoms with Gasteiger partial charge in [0.05, 0.1) is 15.6 Å². The lowest BCUT2D eigenvalue weighted by Gasteiger charge is -2.14. The van der Waals surface area contributed by atoms with Crippen molar-refractivity contribution in [2.24, 2.45) is 0 Å². The monoisotopic (exact) mass is 637 g/mol. The third kappa shape index (κ3) is 6.40. The Morgan fingerprint density at radius 1 is 0.953 bits per heavy atom. The maximum Gasteiger partial charge on any atom is 0.303 e. The van der Waals surface area contributed by atoms with Gasteiger partial charge < -0.3 is 9.26 Å². The van der Waals surface area contributed by atoms with Crippen molar-refractivity contribution >= 4 is 50.1 Å². The number of nitrogens with zero attached hydrogens (tertiary/aromatic N) is 2. The van der Waals surface area contributed by atoms with E-state index in [0.717, 1.165) is 26.4 Å². The molecule has 0 fully saturated rings. The van der Waals surface area contributed by atoms with Gasteiger partial charge in [-0.05, 0) is 58.3 Å². The molecular weight excluding hydrogens is 609 g/mol. The number of hydrogen-bond acceptors (Lipinski definition) is 6. The van der Waals surface area contributed by atoms with E-state index in [0.29, 0.717) is 38.2 Å². The van der Waals surface area contributed by atoms with E-state index in [1.165, 1.54) is 14.1 Å². The van der Waals surface area contributed by atoms with Crippen molar-refractivity contribution in [2.75, 3.05) is 14.1 Å². The fourth-order valence-electron chi connectivity index (χ4n) is 4.66. The number of amides is 1. The Kier molecular flexibility index (Phi) is 8.80. The molecule has 5 rings (SSSR count). The van der Waals surface area contributed by atoms with E-state index in [2.05, 4.69) is 9.88 Å². The van der Waals surface area contributed by atoms with Crippen LogP contribution in [-0.4, -0.2) is 37.9 Å². The zero-order chi connectivity index (χ0) is 30.9. The van der Waals surface area contributed by atoms with Gasteiger partial charge in [-0.15, -0.1) is 0 Å². The fourth-order valence-corrected chi connectivity index (χ4v) is 5.76. The molecule has 43 heavy (non-hydrogen) atoms. The molecule has 4 aromatic carbocycles. The van der Waals surface area contributed by atoms with Crippen LogP contribution in [0.2, 0.25) is 10.0 Å². The molecule has 0 radical (unpaired) electrons. The van der Waals surface area contributed by atoms with Crippen LogP contribution < -0.4 is 9.46 Å². The molecule has 1 amide bonds. The lowest BCUT2D eigenvalue weighted by atomic mass is 9.98. The molecule has 0 bridgehead atoms. The number of carbonyl (C=O) groups is 1. The second kappa shape index (κ2) is 12.4. The van der Waals surface area contributed by atoms with E-state index in [9.17, 15) is 13.2 Å².